The summed E-state index contributed by atoms with van der Waals surface area (Å²) in [7, 11) is 0. The molecular formula is C19H20FNO3S. The maximum atomic E-state index is 13.3. The molecule has 1 aliphatic heterocycles. The molecule has 0 aliphatic carbocycles. The van der Waals surface area contributed by atoms with Gasteiger partial charge in [0.1, 0.15) is 5.82 Å². The van der Waals surface area contributed by atoms with Crippen molar-refractivity contribution < 1.29 is 18.7 Å². The fourth-order valence-corrected chi connectivity index (χ4v) is 4.08. The minimum Gasteiger partial charge on any atom is -0.466 e. The van der Waals surface area contributed by atoms with Crippen LogP contribution in [0.3, 0.4) is 0 Å². The highest BCUT2D eigenvalue weighted by atomic mass is 32.1. The van der Waals surface area contributed by atoms with Gasteiger partial charge in [0.25, 0.3) is 0 Å². The van der Waals surface area contributed by atoms with E-state index in [1.807, 2.05) is 11.4 Å². The van der Waals surface area contributed by atoms with Gasteiger partial charge in [-0.3, -0.25) is 9.59 Å². The van der Waals surface area contributed by atoms with Crippen molar-refractivity contribution in [1.82, 2.24) is 4.90 Å². The molecule has 1 amide bonds. The number of hydrogen-bond acceptors (Lipinski definition) is 4. The molecule has 0 radical (unpaired) electrons. The van der Waals surface area contributed by atoms with Crippen molar-refractivity contribution in [3.05, 3.63) is 57.5 Å². The van der Waals surface area contributed by atoms with Crippen molar-refractivity contribution >= 4 is 23.2 Å². The average molecular weight is 361 g/mol. The molecule has 0 saturated heterocycles. The zero-order valence-electron chi connectivity index (χ0n) is 14.0. The molecule has 4 nitrogen and oxygen atoms in total. The van der Waals surface area contributed by atoms with Gasteiger partial charge in [0.05, 0.1) is 19.1 Å². The lowest BCUT2D eigenvalue weighted by molar-refractivity contribution is -0.146. The fourth-order valence-electron chi connectivity index (χ4n) is 3.18. The predicted molar refractivity (Wildman–Crippen MR) is 93.8 cm³/mol. The zero-order valence-corrected chi connectivity index (χ0v) is 14.9. The summed E-state index contributed by atoms with van der Waals surface area (Å²) >= 11 is 1.68. The van der Waals surface area contributed by atoms with Crippen molar-refractivity contribution in [2.75, 3.05) is 13.2 Å². The Kier molecular flexibility index (Phi) is 5.48. The first-order valence-corrected chi connectivity index (χ1v) is 9.25. The molecule has 0 fully saturated rings. The lowest BCUT2D eigenvalue weighted by Crippen LogP contribution is -2.40. The number of thiophene rings is 1. The summed E-state index contributed by atoms with van der Waals surface area (Å²) < 4.78 is 18.2. The molecular weight excluding hydrogens is 341 g/mol. The number of esters is 1. The van der Waals surface area contributed by atoms with Gasteiger partial charge in [0.2, 0.25) is 5.91 Å². The van der Waals surface area contributed by atoms with Gasteiger partial charge in [-0.15, -0.1) is 11.3 Å². The normalized spacial score (nSPS) is 16.4. The smallest absolute Gasteiger partial charge is 0.306 e. The molecule has 2 aromatic rings. The molecule has 1 unspecified atom stereocenters. The molecule has 3 rings (SSSR count). The molecule has 1 aromatic carbocycles. The molecule has 0 bridgehead atoms. The third-order valence-corrected chi connectivity index (χ3v) is 5.32. The van der Waals surface area contributed by atoms with Crippen molar-refractivity contribution in [1.29, 1.82) is 0 Å². The summed E-state index contributed by atoms with van der Waals surface area (Å²) in [6.45, 7) is 2.65. The van der Waals surface area contributed by atoms with E-state index < -0.39 is 0 Å². The molecule has 1 aliphatic rings. The van der Waals surface area contributed by atoms with E-state index in [-0.39, 0.29) is 36.6 Å². The second-order valence-electron chi connectivity index (χ2n) is 5.90. The van der Waals surface area contributed by atoms with Gasteiger partial charge in [-0.1, -0.05) is 12.1 Å². The van der Waals surface area contributed by atoms with Crippen LogP contribution < -0.4 is 0 Å². The molecule has 1 atom stereocenters. The topological polar surface area (TPSA) is 46.6 Å². The summed E-state index contributed by atoms with van der Waals surface area (Å²) in [6.07, 6.45) is 1.00. The minimum atomic E-state index is -0.359. The van der Waals surface area contributed by atoms with Crippen LogP contribution in [-0.4, -0.2) is 29.9 Å². The molecule has 2 heterocycles. The number of fused-ring (bicyclic) bond motifs is 1. The van der Waals surface area contributed by atoms with Crippen molar-refractivity contribution in [3.8, 4) is 0 Å². The first kappa shape index (κ1) is 17.6. The van der Waals surface area contributed by atoms with Gasteiger partial charge in [-0.2, -0.15) is 0 Å². The fraction of sp³-hybridized carbons (Fsp3) is 0.368. The van der Waals surface area contributed by atoms with E-state index in [1.165, 1.54) is 17.0 Å². The standard InChI is InChI=1S/C19H20FNO3S/c1-2-24-18(23)8-7-17(22)21-11-9-16-15(10-12-25-16)19(21)13-3-5-14(20)6-4-13/h3-6,10,12,19H,2,7-9,11H2,1H3. The van der Waals surface area contributed by atoms with E-state index in [2.05, 4.69) is 0 Å². The Hall–Kier alpha value is -2.21. The van der Waals surface area contributed by atoms with Crippen molar-refractivity contribution in [2.45, 2.75) is 32.2 Å². The van der Waals surface area contributed by atoms with Gasteiger partial charge in [-0.05, 0) is 48.1 Å². The number of benzene rings is 1. The zero-order chi connectivity index (χ0) is 17.8. The quantitative estimate of drug-likeness (QED) is 0.763. The monoisotopic (exact) mass is 361 g/mol. The van der Waals surface area contributed by atoms with E-state index in [1.54, 1.807) is 35.3 Å². The lowest BCUT2D eigenvalue weighted by atomic mass is 9.93. The lowest BCUT2D eigenvalue weighted by Gasteiger charge is -2.36. The van der Waals surface area contributed by atoms with Crippen LogP contribution in [0.1, 0.15) is 41.8 Å². The number of amides is 1. The van der Waals surface area contributed by atoms with Crippen LogP contribution in [0.2, 0.25) is 0 Å². The number of carbonyl (C=O) groups excluding carboxylic acids is 2. The number of hydrogen-bond donors (Lipinski definition) is 0. The predicted octanol–water partition coefficient (Wildman–Crippen LogP) is 3.70. The second kappa shape index (κ2) is 7.78. The molecule has 1 aromatic heterocycles. The van der Waals surface area contributed by atoms with E-state index in [0.29, 0.717) is 13.2 Å². The summed E-state index contributed by atoms with van der Waals surface area (Å²) in [5.74, 6) is -0.744. The van der Waals surface area contributed by atoms with E-state index >= 15 is 0 Å². The summed E-state index contributed by atoms with van der Waals surface area (Å²) in [4.78, 5) is 27.3. The third-order valence-electron chi connectivity index (χ3n) is 4.32. The van der Waals surface area contributed by atoms with Gasteiger partial charge in [-0.25, -0.2) is 4.39 Å². The Morgan fingerprint density at radius 1 is 1.24 bits per heavy atom. The SMILES string of the molecule is CCOC(=O)CCC(=O)N1CCc2sccc2C1c1ccc(F)cc1. The average Bonchev–Trinajstić information content (AvgIpc) is 3.08. The Morgan fingerprint density at radius 3 is 2.72 bits per heavy atom. The number of ether oxygens (including phenoxy) is 1. The minimum absolute atomic E-state index is 0.0792. The molecule has 0 N–H and O–H groups in total. The van der Waals surface area contributed by atoms with E-state index in [9.17, 15) is 14.0 Å². The summed E-state index contributed by atoms with van der Waals surface area (Å²) in [5.41, 5.74) is 1.97. The van der Waals surface area contributed by atoms with Crippen LogP contribution in [0.15, 0.2) is 35.7 Å². The highest BCUT2D eigenvalue weighted by molar-refractivity contribution is 7.10. The number of nitrogens with zero attached hydrogens (tertiary/aromatic N) is 1. The number of carbonyl (C=O) groups is 2. The molecule has 132 valence electrons. The maximum absolute atomic E-state index is 13.3. The van der Waals surface area contributed by atoms with Crippen LogP contribution in [0.4, 0.5) is 4.39 Å². The summed E-state index contributed by atoms with van der Waals surface area (Å²) in [6, 6.07) is 8.06. The number of rotatable bonds is 5. The highest BCUT2D eigenvalue weighted by Crippen LogP contribution is 2.38. The van der Waals surface area contributed by atoms with Crippen LogP contribution >= 0.6 is 11.3 Å². The largest absolute Gasteiger partial charge is 0.466 e. The van der Waals surface area contributed by atoms with Crippen molar-refractivity contribution in [3.63, 3.8) is 0 Å². The van der Waals surface area contributed by atoms with Gasteiger partial charge in [0.15, 0.2) is 0 Å². The molecule has 0 spiro atoms. The van der Waals surface area contributed by atoms with Gasteiger partial charge < -0.3 is 9.64 Å². The van der Waals surface area contributed by atoms with Crippen molar-refractivity contribution in [2.24, 2.45) is 0 Å². The maximum Gasteiger partial charge on any atom is 0.306 e. The summed E-state index contributed by atoms with van der Waals surface area (Å²) in [5, 5.41) is 2.02. The van der Waals surface area contributed by atoms with Gasteiger partial charge >= 0.3 is 5.97 Å². The number of halogens is 1. The highest BCUT2D eigenvalue weighted by Gasteiger charge is 2.32. The molecule has 0 saturated carbocycles. The Morgan fingerprint density at radius 2 is 2.00 bits per heavy atom. The Labute approximate surface area is 150 Å². The molecule has 6 heteroatoms. The third kappa shape index (κ3) is 3.90. The van der Waals surface area contributed by atoms with Crippen LogP contribution in [0.5, 0.6) is 0 Å². The van der Waals surface area contributed by atoms with Crippen LogP contribution in [0.25, 0.3) is 0 Å². The molecule has 25 heavy (non-hydrogen) atoms. The van der Waals surface area contributed by atoms with E-state index in [0.717, 1.165) is 17.5 Å². The van der Waals surface area contributed by atoms with Gasteiger partial charge in [0, 0.05) is 17.8 Å². The van der Waals surface area contributed by atoms with E-state index in [4.69, 9.17) is 4.74 Å². The van der Waals surface area contributed by atoms with Crippen LogP contribution in [0, 0.1) is 5.82 Å². The Bertz CT molecular complexity index is 756. The first-order chi connectivity index (χ1) is 12.1. The van der Waals surface area contributed by atoms with Crippen LogP contribution in [-0.2, 0) is 20.7 Å². The first-order valence-electron chi connectivity index (χ1n) is 8.37. The second-order valence-corrected chi connectivity index (χ2v) is 6.90. The Balaban J connectivity index is 1.83.